The molecular formula is C20H32N2O2. The molecule has 4 heteroatoms. The van der Waals surface area contributed by atoms with Gasteiger partial charge in [-0.15, -0.1) is 0 Å². The van der Waals surface area contributed by atoms with Crippen molar-refractivity contribution in [2.45, 2.75) is 51.4 Å². The predicted molar refractivity (Wildman–Crippen MR) is 99.6 cm³/mol. The molecule has 0 atom stereocenters. The number of carboxylic acid groups (broad SMARTS) is 1. The van der Waals surface area contributed by atoms with Gasteiger partial charge in [0.2, 0.25) is 0 Å². The Kier molecular flexibility index (Phi) is 8.67. The molecule has 2 aliphatic rings. The lowest BCUT2D eigenvalue weighted by Gasteiger charge is -2.29. The monoisotopic (exact) mass is 332 g/mol. The first-order chi connectivity index (χ1) is 11.8. The summed E-state index contributed by atoms with van der Waals surface area (Å²) in [4.78, 5) is 12.7. The SMILES string of the molecule is O=C(O)CCCC1CCCCC1.c1ccc(N2CCNCC2)cc1. The Hall–Kier alpha value is -1.55. The number of nitrogens with zero attached hydrogens (tertiary/aromatic N) is 1. The molecule has 24 heavy (non-hydrogen) atoms. The standard InChI is InChI=1S/C10H14N2.C10H18O2/c1-2-4-10(5-3-1)12-8-6-11-7-9-12;11-10(12)8-4-7-9-5-2-1-3-6-9/h1-5,11H,6-9H2;9H,1-8H2,(H,11,12). The third kappa shape index (κ3) is 7.35. The normalized spacial score (nSPS) is 18.6. The van der Waals surface area contributed by atoms with Crippen LogP contribution in [0.4, 0.5) is 5.69 Å². The molecule has 2 fully saturated rings. The van der Waals surface area contributed by atoms with Gasteiger partial charge in [0, 0.05) is 38.3 Å². The number of carbonyl (C=O) groups is 1. The molecule has 1 aliphatic carbocycles. The Labute approximate surface area is 146 Å². The molecule has 4 nitrogen and oxygen atoms in total. The fraction of sp³-hybridized carbons (Fsp3) is 0.650. The summed E-state index contributed by atoms with van der Waals surface area (Å²) in [5, 5.41) is 11.8. The lowest BCUT2D eigenvalue weighted by atomic mass is 9.86. The number of nitrogens with one attached hydrogen (secondary N) is 1. The zero-order valence-corrected chi connectivity index (χ0v) is 14.8. The Bertz CT molecular complexity index is 452. The second kappa shape index (κ2) is 11.1. The van der Waals surface area contributed by atoms with Gasteiger partial charge in [-0.05, 0) is 30.9 Å². The molecule has 1 saturated heterocycles. The molecule has 1 aromatic carbocycles. The number of rotatable bonds is 5. The third-order valence-corrected chi connectivity index (χ3v) is 4.97. The summed E-state index contributed by atoms with van der Waals surface area (Å²) < 4.78 is 0. The summed E-state index contributed by atoms with van der Waals surface area (Å²) in [7, 11) is 0. The number of carboxylic acids is 1. The van der Waals surface area contributed by atoms with E-state index in [1.165, 1.54) is 37.8 Å². The number of aliphatic carboxylic acids is 1. The summed E-state index contributed by atoms with van der Waals surface area (Å²) in [6.07, 6.45) is 9.13. The molecule has 0 radical (unpaired) electrons. The maximum absolute atomic E-state index is 10.2. The fourth-order valence-electron chi connectivity index (χ4n) is 3.58. The summed E-state index contributed by atoms with van der Waals surface area (Å²) in [5.41, 5.74) is 1.35. The number of hydrogen-bond acceptors (Lipinski definition) is 3. The second-order valence-corrected chi connectivity index (χ2v) is 6.86. The van der Waals surface area contributed by atoms with Crippen LogP contribution in [-0.4, -0.2) is 37.3 Å². The number of hydrogen-bond donors (Lipinski definition) is 2. The molecule has 1 saturated carbocycles. The highest BCUT2D eigenvalue weighted by molar-refractivity contribution is 5.66. The van der Waals surface area contributed by atoms with Crippen LogP contribution < -0.4 is 10.2 Å². The summed E-state index contributed by atoms with van der Waals surface area (Å²) in [6.45, 7) is 4.47. The molecule has 0 spiro atoms. The molecule has 0 aromatic heterocycles. The fourth-order valence-corrected chi connectivity index (χ4v) is 3.58. The highest BCUT2D eigenvalue weighted by Crippen LogP contribution is 2.27. The molecule has 0 bridgehead atoms. The van der Waals surface area contributed by atoms with E-state index in [2.05, 4.69) is 40.5 Å². The van der Waals surface area contributed by atoms with E-state index in [0.29, 0.717) is 6.42 Å². The number of piperazine rings is 1. The van der Waals surface area contributed by atoms with E-state index >= 15 is 0 Å². The van der Waals surface area contributed by atoms with Crippen molar-refractivity contribution >= 4 is 11.7 Å². The summed E-state index contributed by atoms with van der Waals surface area (Å²) in [5.74, 6) is 0.184. The smallest absolute Gasteiger partial charge is 0.303 e. The molecule has 1 aromatic rings. The van der Waals surface area contributed by atoms with Crippen LogP contribution in [0.1, 0.15) is 51.4 Å². The van der Waals surface area contributed by atoms with Crippen LogP contribution >= 0.6 is 0 Å². The van der Waals surface area contributed by atoms with Gasteiger partial charge in [-0.2, -0.15) is 0 Å². The van der Waals surface area contributed by atoms with Crippen LogP contribution in [0.3, 0.4) is 0 Å². The first-order valence-corrected chi connectivity index (χ1v) is 9.48. The minimum Gasteiger partial charge on any atom is -0.481 e. The van der Waals surface area contributed by atoms with Crippen molar-refractivity contribution in [2.75, 3.05) is 31.1 Å². The van der Waals surface area contributed by atoms with Gasteiger partial charge in [-0.3, -0.25) is 4.79 Å². The van der Waals surface area contributed by atoms with E-state index in [1.54, 1.807) is 0 Å². The Morgan fingerprint density at radius 3 is 2.38 bits per heavy atom. The van der Waals surface area contributed by atoms with Crippen molar-refractivity contribution in [3.05, 3.63) is 30.3 Å². The van der Waals surface area contributed by atoms with Crippen molar-refractivity contribution in [1.29, 1.82) is 0 Å². The largest absolute Gasteiger partial charge is 0.481 e. The number of para-hydroxylation sites is 1. The molecule has 0 unspecified atom stereocenters. The van der Waals surface area contributed by atoms with E-state index in [4.69, 9.17) is 5.11 Å². The van der Waals surface area contributed by atoms with Gasteiger partial charge in [0.25, 0.3) is 0 Å². The van der Waals surface area contributed by atoms with E-state index in [1.807, 2.05) is 0 Å². The lowest BCUT2D eigenvalue weighted by molar-refractivity contribution is -0.137. The average Bonchev–Trinajstić information content (AvgIpc) is 2.64. The quantitative estimate of drug-likeness (QED) is 0.858. The first-order valence-electron chi connectivity index (χ1n) is 9.48. The van der Waals surface area contributed by atoms with Crippen molar-refractivity contribution in [2.24, 2.45) is 5.92 Å². The van der Waals surface area contributed by atoms with Crippen LogP contribution in [0.5, 0.6) is 0 Å². The Balaban J connectivity index is 0.000000174. The van der Waals surface area contributed by atoms with Gasteiger partial charge in [0.15, 0.2) is 0 Å². The number of anilines is 1. The Morgan fingerprint density at radius 1 is 1.08 bits per heavy atom. The average molecular weight is 332 g/mol. The minimum absolute atomic E-state index is 0.358. The highest BCUT2D eigenvalue weighted by atomic mass is 16.4. The highest BCUT2D eigenvalue weighted by Gasteiger charge is 2.13. The van der Waals surface area contributed by atoms with Crippen molar-refractivity contribution in [3.8, 4) is 0 Å². The van der Waals surface area contributed by atoms with Gasteiger partial charge in [0.1, 0.15) is 0 Å². The Morgan fingerprint density at radius 2 is 1.75 bits per heavy atom. The van der Waals surface area contributed by atoms with E-state index in [0.717, 1.165) is 44.9 Å². The lowest BCUT2D eigenvalue weighted by Crippen LogP contribution is -2.43. The van der Waals surface area contributed by atoms with Crippen LogP contribution in [0.15, 0.2) is 30.3 Å². The van der Waals surface area contributed by atoms with Gasteiger partial charge in [-0.25, -0.2) is 0 Å². The van der Waals surface area contributed by atoms with E-state index < -0.39 is 5.97 Å². The molecule has 3 rings (SSSR count). The predicted octanol–water partition coefficient (Wildman–Crippen LogP) is 3.92. The first kappa shape index (κ1) is 18.8. The van der Waals surface area contributed by atoms with Crippen LogP contribution in [0.25, 0.3) is 0 Å². The second-order valence-electron chi connectivity index (χ2n) is 6.86. The zero-order valence-electron chi connectivity index (χ0n) is 14.8. The molecule has 0 amide bonds. The number of benzene rings is 1. The molecule has 1 aliphatic heterocycles. The van der Waals surface area contributed by atoms with Crippen LogP contribution in [-0.2, 0) is 4.79 Å². The maximum Gasteiger partial charge on any atom is 0.303 e. The molecular weight excluding hydrogens is 300 g/mol. The van der Waals surface area contributed by atoms with Crippen LogP contribution in [0.2, 0.25) is 0 Å². The van der Waals surface area contributed by atoms with Crippen LogP contribution in [0, 0.1) is 5.92 Å². The maximum atomic E-state index is 10.2. The van der Waals surface area contributed by atoms with Gasteiger partial charge in [0.05, 0.1) is 0 Å². The van der Waals surface area contributed by atoms with Gasteiger partial charge < -0.3 is 15.3 Å². The molecule has 1 heterocycles. The van der Waals surface area contributed by atoms with Crippen molar-refractivity contribution in [3.63, 3.8) is 0 Å². The van der Waals surface area contributed by atoms with Gasteiger partial charge in [-0.1, -0.05) is 50.3 Å². The molecule has 2 N–H and O–H groups in total. The minimum atomic E-state index is -0.647. The van der Waals surface area contributed by atoms with Crippen molar-refractivity contribution < 1.29 is 9.90 Å². The van der Waals surface area contributed by atoms with Gasteiger partial charge >= 0.3 is 5.97 Å². The third-order valence-electron chi connectivity index (χ3n) is 4.97. The summed E-state index contributed by atoms with van der Waals surface area (Å²) in [6, 6.07) is 10.6. The topological polar surface area (TPSA) is 52.6 Å². The summed E-state index contributed by atoms with van der Waals surface area (Å²) >= 11 is 0. The molecule has 134 valence electrons. The van der Waals surface area contributed by atoms with E-state index in [9.17, 15) is 4.79 Å². The van der Waals surface area contributed by atoms with E-state index in [-0.39, 0.29) is 0 Å². The zero-order chi connectivity index (χ0) is 17.0. The van der Waals surface area contributed by atoms with Crippen molar-refractivity contribution in [1.82, 2.24) is 5.32 Å².